The molecule has 0 aliphatic heterocycles. The van der Waals surface area contributed by atoms with E-state index in [1.807, 2.05) is 6.92 Å². The molecule has 0 N–H and O–H groups in total. The average Bonchev–Trinajstić information content (AvgIpc) is 3.40. The Morgan fingerprint density at radius 3 is 2.56 bits per heavy atom. The maximum Gasteiger partial charge on any atom is 0.270 e. The first-order valence-corrected chi connectivity index (χ1v) is 12.4. The van der Waals surface area contributed by atoms with Gasteiger partial charge < -0.3 is 9.26 Å². The van der Waals surface area contributed by atoms with Crippen molar-refractivity contribution >= 4 is 32.3 Å². The van der Waals surface area contributed by atoms with E-state index in [0.717, 1.165) is 15.1 Å². The van der Waals surface area contributed by atoms with Crippen molar-refractivity contribution in [2.45, 2.75) is 18.7 Å². The standard InChI is InChI=1S/C26H21FN4O4S/c1-16-12-24(25(34-3)14-21(16)23-7-6-22(27)17(2)29-23)31(26-9-11-35-30-26)36(32,33)20-5-4-19-15-28-10-8-18(19)13-20/h4-15H,1-3H3. The molecular formula is C26H21FN4O4S. The van der Waals surface area contributed by atoms with Crippen LogP contribution < -0.4 is 9.04 Å². The molecule has 2 aromatic carbocycles. The summed E-state index contributed by atoms with van der Waals surface area (Å²) in [6.45, 7) is 3.40. The third kappa shape index (κ3) is 4.05. The predicted octanol–water partition coefficient (Wildman–Crippen LogP) is 5.58. The lowest BCUT2D eigenvalue weighted by Crippen LogP contribution is -2.27. The second-order valence-electron chi connectivity index (χ2n) is 8.11. The molecule has 10 heteroatoms. The van der Waals surface area contributed by atoms with Crippen molar-refractivity contribution in [2.75, 3.05) is 11.4 Å². The number of anilines is 2. The molecule has 0 saturated carbocycles. The topological polar surface area (TPSA) is 98.4 Å². The zero-order valence-electron chi connectivity index (χ0n) is 19.6. The number of nitrogens with zero attached hydrogens (tertiary/aromatic N) is 4. The van der Waals surface area contributed by atoms with Gasteiger partial charge in [-0.05, 0) is 67.3 Å². The summed E-state index contributed by atoms with van der Waals surface area (Å²) in [6, 6.07) is 14.3. The van der Waals surface area contributed by atoms with Crippen LogP contribution in [0.25, 0.3) is 22.0 Å². The summed E-state index contributed by atoms with van der Waals surface area (Å²) >= 11 is 0. The van der Waals surface area contributed by atoms with E-state index < -0.39 is 15.8 Å². The molecular weight excluding hydrogens is 483 g/mol. The number of benzene rings is 2. The fourth-order valence-corrected chi connectivity index (χ4v) is 5.45. The van der Waals surface area contributed by atoms with E-state index in [4.69, 9.17) is 9.26 Å². The molecule has 0 aliphatic carbocycles. The highest BCUT2D eigenvalue weighted by molar-refractivity contribution is 7.93. The van der Waals surface area contributed by atoms with Crippen LogP contribution in [0.5, 0.6) is 5.75 Å². The van der Waals surface area contributed by atoms with Crippen molar-refractivity contribution in [2.24, 2.45) is 0 Å². The number of halogens is 1. The summed E-state index contributed by atoms with van der Waals surface area (Å²) in [7, 11) is -2.72. The van der Waals surface area contributed by atoms with Crippen LogP contribution in [0.3, 0.4) is 0 Å². The zero-order chi connectivity index (χ0) is 25.4. The highest BCUT2D eigenvalue weighted by Gasteiger charge is 2.32. The van der Waals surface area contributed by atoms with E-state index in [0.29, 0.717) is 16.8 Å². The van der Waals surface area contributed by atoms with Gasteiger partial charge in [-0.3, -0.25) is 9.97 Å². The van der Waals surface area contributed by atoms with Gasteiger partial charge in [0.05, 0.1) is 23.4 Å². The highest BCUT2D eigenvalue weighted by Crippen LogP contribution is 2.41. The summed E-state index contributed by atoms with van der Waals surface area (Å²) in [6.07, 6.45) is 4.56. The molecule has 3 aromatic heterocycles. The van der Waals surface area contributed by atoms with E-state index in [-0.39, 0.29) is 27.8 Å². The number of aromatic nitrogens is 3. The number of fused-ring (bicyclic) bond motifs is 1. The average molecular weight is 505 g/mol. The van der Waals surface area contributed by atoms with E-state index in [9.17, 15) is 12.8 Å². The number of rotatable bonds is 6. The second kappa shape index (κ2) is 9.04. The van der Waals surface area contributed by atoms with Gasteiger partial charge >= 0.3 is 0 Å². The van der Waals surface area contributed by atoms with Gasteiger partial charge in [-0.15, -0.1) is 0 Å². The number of ether oxygens (including phenoxy) is 1. The number of hydrogen-bond acceptors (Lipinski definition) is 7. The molecule has 8 nitrogen and oxygen atoms in total. The lowest BCUT2D eigenvalue weighted by molar-refractivity contribution is 0.414. The molecule has 5 rings (SSSR count). The van der Waals surface area contributed by atoms with Crippen LogP contribution in [-0.2, 0) is 10.0 Å². The van der Waals surface area contributed by atoms with Gasteiger partial charge in [0, 0.05) is 29.4 Å². The Bertz CT molecular complexity index is 1690. The zero-order valence-corrected chi connectivity index (χ0v) is 20.5. The highest BCUT2D eigenvalue weighted by atomic mass is 32.2. The molecule has 0 spiro atoms. The van der Waals surface area contributed by atoms with Crippen LogP contribution in [0.4, 0.5) is 15.9 Å². The van der Waals surface area contributed by atoms with Crippen molar-refractivity contribution in [3.8, 4) is 17.0 Å². The summed E-state index contributed by atoms with van der Waals surface area (Å²) in [4.78, 5) is 8.47. The monoisotopic (exact) mass is 504 g/mol. The van der Waals surface area contributed by atoms with E-state index in [1.54, 1.807) is 55.7 Å². The molecule has 36 heavy (non-hydrogen) atoms. The minimum Gasteiger partial charge on any atom is -0.495 e. The minimum absolute atomic E-state index is 0.0591. The smallest absolute Gasteiger partial charge is 0.270 e. The van der Waals surface area contributed by atoms with Crippen molar-refractivity contribution in [3.63, 3.8) is 0 Å². The largest absolute Gasteiger partial charge is 0.495 e. The summed E-state index contributed by atoms with van der Waals surface area (Å²) in [5, 5.41) is 5.44. The SMILES string of the molecule is COc1cc(-c2ccc(F)c(C)n2)c(C)cc1N(c1ccon1)S(=O)(=O)c1ccc2cnccc2c1. The van der Waals surface area contributed by atoms with Crippen molar-refractivity contribution < 1.29 is 22.1 Å². The number of pyridine rings is 2. The molecule has 0 radical (unpaired) electrons. The second-order valence-corrected chi connectivity index (χ2v) is 9.90. The molecule has 0 fully saturated rings. The van der Waals surface area contributed by atoms with Crippen LogP contribution in [0, 0.1) is 19.7 Å². The third-order valence-electron chi connectivity index (χ3n) is 5.82. The molecule has 182 valence electrons. The van der Waals surface area contributed by atoms with Crippen molar-refractivity contribution in [1.82, 2.24) is 15.1 Å². The molecule has 0 aliphatic rings. The van der Waals surface area contributed by atoms with E-state index in [1.165, 1.54) is 31.6 Å². The number of sulfonamides is 1. The van der Waals surface area contributed by atoms with Gasteiger partial charge in [-0.2, -0.15) is 0 Å². The van der Waals surface area contributed by atoms with Gasteiger partial charge in [0.1, 0.15) is 23.5 Å². The Hall–Kier alpha value is -4.31. The van der Waals surface area contributed by atoms with E-state index in [2.05, 4.69) is 15.1 Å². The summed E-state index contributed by atoms with van der Waals surface area (Å²) < 4.78 is 53.5. The first-order valence-electron chi connectivity index (χ1n) is 10.9. The molecule has 0 atom stereocenters. The number of methoxy groups -OCH3 is 1. The fourth-order valence-electron chi connectivity index (χ4n) is 3.98. The lowest BCUT2D eigenvalue weighted by Gasteiger charge is -2.25. The van der Waals surface area contributed by atoms with Crippen molar-refractivity contribution in [3.05, 3.63) is 90.3 Å². The molecule has 0 saturated heterocycles. The molecule has 3 heterocycles. The summed E-state index contributed by atoms with van der Waals surface area (Å²) in [5.41, 5.74) is 2.41. The van der Waals surface area contributed by atoms with Crippen LogP contribution in [0.1, 0.15) is 11.3 Å². The third-order valence-corrected chi connectivity index (χ3v) is 7.54. The maximum absolute atomic E-state index is 14.0. The van der Waals surface area contributed by atoms with Gasteiger partial charge in [0.15, 0.2) is 5.82 Å². The van der Waals surface area contributed by atoms with E-state index >= 15 is 0 Å². The van der Waals surface area contributed by atoms with Crippen molar-refractivity contribution in [1.29, 1.82) is 0 Å². The van der Waals surface area contributed by atoms with Crippen LogP contribution >= 0.6 is 0 Å². The number of hydrogen-bond donors (Lipinski definition) is 0. The first-order chi connectivity index (χ1) is 17.3. The van der Waals surface area contributed by atoms with Gasteiger partial charge in [-0.1, -0.05) is 11.2 Å². The predicted molar refractivity (Wildman–Crippen MR) is 133 cm³/mol. The first kappa shape index (κ1) is 23.4. The molecule has 0 unspecified atom stereocenters. The molecule has 0 amide bonds. The fraction of sp³-hybridized carbons (Fsp3) is 0.115. The Morgan fingerprint density at radius 2 is 1.83 bits per heavy atom. The number of aryl methyl sites for hydroxylation is 2. The molecule has 0 bridgehead atoms. The Labute approximate surface area is 207 Å². The van der Waals surface area contributed by atoms with Gasteiger partial charge in [0.25, 0.3) is 10.0 Å². The minimum atomic E-state index is -4.16. The Morgan fingerprint density at radius 1 is 1.00 bits per heavy atom. The van der Waals surface area contributed by atoms with Crippen LogP contribution in [0.2, 0.25) is 0 Å². The Kier molecular flexibility index (Phi) is 5.89. The summed E-state index contributed by atoms with van der Waals surface area (Å²) in [5.74, 6) is -0.0866. The van der Waals surface area contributed by atoms with Gasteiger partial charge in [0.2, 0.25) is 0 Å². The maximum atomic E-state index is 14.0. The van der Waals surface area contributed by atoms with Crippen LogP contribution in [0.15, 0.2) is 82.7 Å². The lowest BCUT2D eigenvalue weighted by atomic mass is 10.0. The molecule has 5 aromatic rings. The van der Waals surface area contributed by atoms with Gasteiger partial charge in [-0.25, -0.2) is 17.1 Å². The quantitative estimate of drug-likeness (QED) is 0.298. The normalized spacial score (nSPS) is 11.6. The Balaban J connectivity index is 1.70. The van der Waals surface area contributed by atoms with Crippen LogP contribution in [-0.4, -0.2) is 30.7 Å².